The maximum absolute atomic E-state index is 11.7. The van der Waals surface area contributed by atoms with Crippen molar-refractivity contribution in [3.63, 3.8) is 0 Å². The van der Waals surface area contributed by atoms with Crippen LogP contribution in [0.15, 0.2) is 30.3 Å². The zero-order valence-electron chi connectivity index (χ0n) is 12.3. The maximum atomic E-state index is 11.7. The van der Waals surface area contributed by atoms with Gasteiger partial charge in [-0.15, -0.1) is 0 Å². The molecule has 0 aliphatic carbocycles. The van der Waals surface area contributed by atoms with Gasteiger partial charge in [-0.1, -0.05) is 38.0 Å². The van der Waals surface area contributed by atoms with Crippen LogP contribution in [-0.4, -0.2) is 46.2 Å². The van der Waals surface area contributed by atoms with Crippen LogP contribution in [0.25, 0.3) is 0 Å². The van der Waals surface area contributed by atoms with Gasteiger partial charge in [0.1, 0.15) is 6.10 Å². The second-order valence-electron chi connectivity index (χ2n) is 5.06. The van der Waals surface area contributed by atoms with E-state index in [-0.39, 0.29) is 13.0 Å². The van der Waals surface area contributed by atoms with Gasteiger partial charge in [-0.2, -0.15) is 0 Å². The number of aliphatic hydroxyl groups excluding tert-OH is 3. The molecule has 0 amide bonds. The van der Waals surface area contributed by atoms with Crippen LogP contribution in [0.1, 0.15) is 43.0 Å². The summed E-state index contributed by atoms with van der Waals surface area (Å²) in [5.74, 6) is -0.469. The molecule has 0 spiro atoms. The van der Waals surface area contributed by atoms with Crippen molar-refractivity contribution < 1.29 is 24.9 Å². The molecular weight excluding hydrogens is 272 g/mol. The molecule has 0 aliphatic heterocycles. The number of ether oxygens (including phenoxy) is 1. The minimum Gasteiger partial charge on any atom is -0.462 e. The normalized spacial score (nSPS) is 15.2. The molecule has 0 heterocycles. The predicted molar refractivity (Wildman–Crippen MR) is 78.9 cm³/mol. The van der Waals surface area contributed by atoms with Gasteiger partial charge in [0, 0.05) is 6.42 Å². The quantitative estimate of drug-likeness (QED) is 0.601. The number of hydrogen-bond acceptors (Lipinski definition) is 5. The number of hydrogen-bond donors (Lipinski definition) is 3. The van der Waals surface area contributed by atoms with Crippen molar-refractivity contribution in [2.75, 3.05) is 6.61 Å². The SMILES string of the molecule is CCCCC(O)C(O)C(O)CCOC(=O)c1ccccc1. The second-order valence-corrected chi connectivity index (χ2v) is 5.06. The summed E-state index contributed by atoms with van der Waals surface area (Å²) in [6, 6.07) is 8.55. The van der Waals surface area contributed by atoms with Crippen molar-refractivity contribution in [1.29, 1.82) is 0 Å². The highest BCUT2D eigenvalue weighted by atomic mass is 16.5. The van der Waals surface area contributed by atoms with E-state index in [0.717, 1.165) is 12.8 Å². The Labute approximate surface area is 125 Å². The number of carbonyl (C=O) groups excluding carboxylic acids is 1. The summed E-state index contributed by atoms with van der Waals surface area (Å²) in [5.41, 5.74) is 0.440. The van der Waals surface area contributed by atoms with Crippen molar-refractivity contribution in [2.45, 2.75) is 50.9 Å². The molecular formula is C16H24O5. The molecule has 3 N–H and O–H groups in total. The molecule has 1 aromatic rings. The number of rotatable bonds is 9. The third-order valence-electron chi connectivity index (χ3n) is 3.30. The van der Waals surface area contributed by atoms with Crippen molar-refractivity contribution in [2.24, 2.45) is 0 Å². The van der Waals surface area contributed by atoms with Crippen molar-refractivity contribution in [3.8, 4) is 0 Å². The Morgan fingerprint density at radius 1 is 1.10 bits per heavy atom. The molecule has 0 saturated heterocycles. The van der Waals surface area contributed by atoms with Crippen molar-refractivity contribution in [3.05, 3.63) is 35.9 Å². The molecule has 0 radical (unpaired) electrons. The van der Waals surface area contributed by atoms with E-state index >= 15 is 0 Å². The fourth-order valence-corrected chi connectivity index (χ4v) is 1.94. The average Bonchev–Trinajstić information content (AvgIpc) is 2.52. The fraction of sp³-hybridized carbons (Fsp3) is 0.562. The number of carbonyl (C=O) groups is 1. The van der Waals surface area contributed by atoms with Gasteiger partial charge in [-0.05, 0) is 18.6 Å². The first-order valence-corrected chi connectivity index (χ1v) is 7.32. The van der Waals surface area contributed by atoms with Gasteiger partial charge in [0.15, 0.2) is 0 Å². The van der Waals surface area contributed by atoms with Crippen LogP contribution in [0.2, 0.25) is 0 Å². The highest BCUT2D eigenvalue weighted by Crippen LogP contribution is 2.11. The van der Waals surface area contributed by atoms with Crippen LogP contribution in [0.5, 0.6) is 0 Å². The molecule has 0 bridgehead atoms. The smallest absolute Gasteiger partial charge is 0.338 e. The van der Waals surface area contributed by atoms with E-state index < -0.39 is 24.3 Å². The summed E-state index contributed by atoms with van der Waals surface area (Å²) in [7, 11) is 0. The molecule has 3 atom stereocenters. The predicted octanol–water partition coefficient (Wildman–Crippen LogP) is 1.51. The number of unbranched alkanes of at least 4 members (excludes halogenated alkanes) is 1. The molecule has 3 unspecified atom stereocenters. The second kappa shape index (κ2) is 9.50. The van der Waals surface area contributed by atoms with Crippen LogP contribution >= 0.6 is 0 Å². The van der Waals surface area contributed by atoms with Crippen LogP contribution in [0, 0.1) is 0 Å². The van der Waals surface area contributed by atoms with Gasteiger partial charge in [-0.25, -0.2) is 4.79 Å². The summed E-state index contributed by atoms with van der Waals surface area (Å²) in [5, 5.41) is 29.2. The molecule has 5 nitrogen and oxygen atoms in total. The van der Waals surface area contributed by atoms with E-state index in [4.69, 9.17) is 4.74 Å². The zero-order valence-corrected chi connectivity index (χ0v) is 12.3. The number of aliphatic hydroxyl groups is 3. The molecule has 0 aliphatic rings. The monoisotopic (exact) mass is 296 g/mol. The molecule has 0 aromatic heterocycles. The topological polar surface area (TPSA) is 87.0 Å². The molecule has 1 aromatic carbocycles. The van der Waals surface area contributed by atoms with Gasteiger partial charge in [0.05, 0.1) is 24.4 Å². The summed E-state index contributed by atoms with van der Waals surface area (Å²) in [6.45, 7) is 1.98. The lowest BCUT2D eigenvalue weighted by Gasteiger charge is -2.22. The number of esters is 1. The van der Waals surface area contributed by atoms with Gasteiger partial charge >= 0.3 is 5.97 Å². The summed E-state index contributed by atoms with van der Waals surface area (Å²) >= 11 is 0. The molecule has 0 fully saturated rings. The van der Waals surface area contributed by atoms with Gasteiger partial charge in [0.25, 0.3) is 0 Å². The number of benzene rings is 1. The lowest BCUT2D eigenvalue weighted by molar-refractivity contribution is -0.0693. The van der Waals surface area contributed by atoms with Crippen molar-refractivity contribution >= 4 is 5.97 Å². The Kier molecular flexibility index (Phi) is 7.97. The maximum Gasteiger partial charge on any atom is 0.338 e. The van der Waals surface area contributed by atoms with Crippen LogP contribution in [0.3, 0.4) is 0 Å². The fourth-order valence-electron chi connectivity index (χ4n) is 1.94. The van der Waals surface area contributed by atoms with Gasteiger partial charge in [-0.3, -0.25) is 0 Å². The average molecular weight is 296 g/mol. The van der Waals surface area contributed by atoms with Crippen LogP contribution < -0.4 is 0 Å². The Morgan fingerprint density at radius 2 is 1.71 bits per heavy atom. The zero-order chi connectivity index (χ0) is 15.7. The summed E-state index contributed by atoms with van der Waals surface area (Å²) < 4.78 is 5.02. The molecule has 1 rings (SSSR count). The van der Waals surface area contributed by atoms with E-state index in [9.17, 15) is 20.1 Å². The first-order valence-electron chi connectivity index (χ1n) is 7.32. The minimum absolute atomic E-state index is 0.00749. The lowest BCUT2D eigenvalue weighted by atomic mass is 10.0. The third-order valence-corrected chi connectivity index (χ3v) is 3.30. The highest BCUT2D eigenvalue weighted by Gasteiger charge is 2.24. The Hall–Kier alpha value is -1.43. The van der Waals surface area contributed by atoms with Crippen LogP contribution in [0.4, 0.5) is 0 Å². The van der Waals surface area contributed by atoms with E-state index in [2.05, 4.69) is 0 Å². The minimum atomic E-state index is -1.22. The Balaban J connectivity index is 2.29. The lowest BCUT2D eigenvalue weighted by Crippen LogP contribution is -2.38. The first kappa shape index (κ1) is 17.6. The molecule has 5 heteroatoms. The third kappa shape index (κ3) is 6.25. The first-order chi connectivity index (χ1) is 10.1. The molecule has 0 saturated carbocycles. The standard InChI is InChI=1S/C16H24O5/c1-2-3-9-13(17)15(19)14(18)10-11-21-16(20)12-7-5-4-6-8-12/h4-8,13-15,17-19H,2-3,9-11H2,1H3. The molecule has 118 valence electrons. The Bertz CT molecular complexity index is 406. The summed E-state index contributed by atoms with van der Waals surface area (Å²) in [4.78, 5) is 11.7. The Morgan fingerprint density at radius 3 is 2.33 bits per heavy atom. The van der Waals surface area contributed by atoms with Crippen molar-refractivity contribution in [1.82, 2.24) is 0 Å². The van der Waals surface area contributed by atoms with Gasteiger partial charge < -0.3 is 20.1 Å². The highest BCUT2D eigenvalue weighted by molar-refractivity contribution is 5.89. The van der Waals surface area contributed by atoms with Crippen LogP contribution in [-0.2, 0) is 4.74 Å². The van der Waals surface area contributed by atoms with E-state index in [1.807, 2.05) is 6.92 Å². The largest absolute Gasteiger partial charge is 0.462 e. The van der Waals surface area contributed by atoms with E-state index in [1.54, 1.807) is 30.3 Å². The molecule has 21 heavy (non-hydrogen) atoms. The van der Waals surface area contributed by atoms with E-state index in [1.165, 1.54) is 0 Å². The van der Waals surface area contributed by atoms with E-state index in [0.29, 0.717) is 12.0 Å². The summed E-state index contributed by atoms with van der Waals surface area (Å²) in [6.07, 6.45) is -1.05. The van der Waals surface area contributed by atoms with Gasteiger partial charge in [0.2, 0.25) is 0 Å².